The molecule has 2 heterocycles. The van der Waals surface area contributed by atoms with Crippen LogP contribution >= 0.6 is 0 Å². The minimum atomic E-state index is -0.370. The van der Waals surface area contributed by atoms with Gasteiger partial charge in [0.25, 0.3) is 5.91 Å². The number of rotatable bonds is 3. The quantitative estimate of drug-likeness (QED) is 0.649. The fraction of sp³-hybridized carbons (Fsp3) is 0.238. The molecule has 28 heavy (non-hydrogen) atoms. The van der Waals surface area contributed by atoms with Crippen LogP contribution in [0.4, 0.5) is 5.69 Å². The summed E-state index contributed by atoms with van der Waals surface area (Å²) in [6, 6.07) is 12.2. The number of fused-ring (bicyclic) bond motifs is 1. The van der Waals surface area contributed by atoms with Gasteiger partial charge in [0, 0.05) is 29.5 Å². The Kier molecular flexibility index (Phi) is 4.77. The van der Waals surface area contributed by atoms with E-state index in [-0.39, 0.29) is 23.2 Å². The second kappa shape index (κ2) is 7.53. The van der Waals surface area contributed by atoms with Crippen molar-refractivity contribution in [2.45, 2.75) is 25.7 Å². The Bertz CT molecular complexity index is 1150. The highest BCUT2D eigenvalue weighted by molar-refractivity contribution is 6.02. The number of anilines is 1. The first kappa shape index (κ1) is 17.7. The molecule has 1 N–H and O–H groups in total. The Morgan fingerprint density at radius 2 is 2.07 bits per heavy atom. The molecule has 1 aromatic carbocycles. The minimum absolute atomic E-state index is 0.156. The van der Waals surface area contributed by atoms with Crippen LogP contribution in [0, 0.1) is 17.2 Å². The Morgan fingerprint density at radius 3 is 2.82 bits per heavy atom. The van der Waals surface area contributed by atoms with E-state index in [4.69, 9.17) is 5.26 Å². The normalized spacial score (nSPS) is 17.8. The van der Waals surface area contributed by atoms with Gasteiger partial charge in [-0.15, -0.1) is 0 Å². The summed E-state index contributed by atoms with van der Waals surface area (Å²) in [5.74, 6) is -0.214. The molecule has 2 aliphatic rings. The molecular formula is C21H18N5O2+. The lowest BCUT2D eigenvalue weighted by Crippen LogP contribution is -2.23. The van der Waals surface area contributed by atoms with E-state index in [0.29, 0.717) is 5.69 Å². The molecule has 1 aliphatic carbocycles. The number of carbonyl (C=O) groups is 2. The van der Waals surface area contributed by atoms with Crippen molar-refractivity contribution < 1.29 is 14.3 Å². The first-order valence-corrected chi connectivity index (χ1v) is 9.14. The molecule has 0 saturated heterocycles. The number of hydrogen-bond acceptors (Lipinski definition) is 5. The van der Waals surface area contributed by atoms with Gasteiger partial charge in [0.2, 0.25) is 6.20 Å². The van der Waals surface area contributed by atoms with E-state index in [1.165, 1.54) is 5.71 Å². The molecule has 1 aromatic heterocycles. The van der Waals surface area contributed by atoms with Crippen LogP contribution in [0.15, 0.2) is 41.5 Å². The molecule has 1 saturated carbocycles. The molecule has 0 bridgehead atoms. The van der Waals surface area contributed by atoms with Gasteiger partial charge in [-0.25, -0.2) is 4.98 Å². The summed E-state index contributed by atoms with van der Waals surface area (Å²) >= 11 is 0. The molecule has 7 heteroatoms. The number of hydrogen-bond donors (Lipinski definition) is 1. The van der Waals surface area contributed by atoms with Gasteiger partial charge in [-0.05, 0) is 43.2 Å². The van der Waals surface area contributed by atoms with Crippen molar-refractivity contribution in [2.75, 3.05) is 5.32 Å². The van der Waals surface area contributed by atoms with Crippen molar-refractivity contribution >= 4 is 29.8 Å². The molecule has 1 aliphatic heterocycles. The monoisotopic (exact) mass is 372 g/mol. The molecule has 138 valence electrons. The smallest absolute Gasteiger partial charge is 0.274 e. The van der Waals surface area contributed by atoms with Gasteiger partial charge in [0.1, 0.15) is 29.1 Å². The fourth-order valence-corrected chi connectivity index (χ4v) is 3.42. The van der Waals surface area contributed by atoms with Crippen LogP contribution in [0.1, 0.15) is 41.9 Å². The molecule has 4 rings (SSSR count). The highest BCUT2D eigenvalue weighted by Crippen LogP contribution is 2.20. The van der Waals surface area contributed by atoms with Crippen LogP contribution < -0.4 is 15.9 Å². The lowest BCUT2D eigenvalue weighted by atomic mass is 9.89. The third-order valence-corrected chi connectivity index (χ3v) is 4.98. The SMILES string of the molecule is N#Cc1cccc(C(=O)Nc2ccc3c(c2)=C[N+](=C2CCC(C=O)CC2)N=3)n1. The molecule has 2 aromatic rings. The second-order valence-corrected chi connectivity index (χ2v) is 6.86. The topological polar surface area (TPSA) is 98.2 Å². The number of amides is 1. The molecule has 1 fully saturated rings. The molecule has 0 spiro atoms. The molecule has 7 nitrogen and oxygen atoms in total. The van der Waals surface area contributed by atoms with Crippen LogP contribution in [0.2, 0.25) is 0 Å². The lowest BCUT2D eigenvalue weighted by Gasteiger charge is -2.14. The first-order valence-electron chi connectivity index (χ1n) is 9.14. The van der Waals surface area contributed by atoms with E-state index in [2.05, 4.69) is 15.4 Å². The third kappa shape index (κ3) is 3.58. The molecule has 1 amide bonds. The summed E-state index contributed by atoms with van der Waals surface area (Å²) in [5, 5.41) is 18.1. The number of carbonyl (C=O) groups excluding carboxylic acids is 2. The van der Waals surface area contributed by atoms with Crippen LogP contribution in [-0.4, -0.2) is 27.6 Å². The van der Waals surface area contributed by atoms with Crippen molar-refractivity contribution in [3.63, 3.8) is 0 Å². The number of nitrogens with one attached hydrogen (secondary N) is 1. The summed E-state index contributed by atoms with van der Waals surface area (Å²) in [6.07, 6.45) is 6.46. The number of nitriles is 1. The van der Waals surface area contributed by atoms with Crippen LogP contribution in [0.5, 0.6) is 0 Å². The lowest BCUT2D eigenvalue weighted by molar-refractivity contribution is -0.430. The summed E-state index contributed by atoms with van der Waals surface area (Å²) < 4.78 is 1.90. The minimum Gasteiger partial charge on any atom is -0.321 e. The number of aromatic nitrogens is 1. The van der Waals surface area contributed by atoms with Crippen molar-refractivity contribution in [1.82, 2.24) is 4.98 Å². The second-order valence-electron chi connectivity index (χ2n) is 6.86. The number of benzene rings is 1. The highest BCUT2D eigenvalue weighted by Gasteiger charge is 2.25. The number of pyridine rings is 1. The maximum absolute atomic E-state index is 12.4. The maximum Gasteiger partial charge on any atom is 0.274 e. The van der Waals surface area contributed by atoms with Gasteiger partial charge < -0.3 is 10.1 Å². The van der Waals surface area contributed by atoms with Crippen molar-refractivity contribution in [3.05, 3.63) is 58.4 Å². The molecule has 0 unspecified atom stereocenters. The van der Waals surface area contributed by atoms with Gasteiger partial charge in [0.15, 0.2) is 5.71 Å². The first-order chi connectivity index (χ1) is 13.7. The van der Waals surface area contributed by atoms with Crippen molar-refractivity contribution in [1.29, 1.82) is 5.26 Å². The van der Waals surface area contributed by atoms with Crippen LogP contribution in [0.25, 0.3) is 6.20 Å². The van der Waals surface area contributed by atoms with E-state index >= 15 is 0 Å². The zero-order valence-electron chi connectivity index (χ0n) is 15.1. The Labute approximate surface area is 161 Å². The average molecular weight is 372 g/mol. The Hall–Kier alpha value is -3.66. The van der Waals surface area contributed by atoms with Gasteiger partial charge in [0.05, 0.1) is 5.22 Å². The summed E-state index contributed by atoms with van der Waals surface area (Å²) in [4.78, 5) is 27.3. The zero-order chi connectivity index (χ0) is 19.5. The fourth-order valence-electron chi connectivity index (χ4n) is 3.42. The van der Waals surface area contributed by atoms with Gasteiger partial charge in [-0.2, -0.15) is 5.26 Å². The van der Waals surface area contributed by atoms with E-state index in [1.807, 2.05) is 29.1 Å². The molecular weight excluding hydrogens is 354 g/mol. The average Bonchev–Trinajstić information content (AvgIpc) is 3.17. The van der Waals surface area contributed by atoms with Crippen LogP contribution in [-0.2, 0) is 4.79 Å². The van der Waals surface area contributed by atoms with Crippen molar-refractivity contribution in [2.24, 2.45) is 11.0 Å². The summed E-state index contributed by atoms with van der Waals surface area (Å²) in [7, 11) is 0. The zero-order valence-corrected chi connectivity index (χ0v) is 15.1. The third-order valence-electron chi connectivity index (χ3n) is 4.98. The van der Waals surface area contributed by atoms with Crippen molar-refractivity contribution in [3.8, 4) is 6.07 Å². The Balaban J connectivity index is 1.55. The number of aldehydes is 1. The predicted octanol–water partition coefficient (Wildman–Crippen LogP) is 1.33. The standard InChI is InChI=1S/C21H17N5O2/c22-11-17-2-1-3-20(23-17)21(28)24-16-6-9-19-15(10-16)12-26(25-19)18-7-4-14(13-27)5-8-18/h1-3,6,9-10,12-14H,4-5,7-8H2/p+1. The molecule has 0 atom stereocenters. The Morgan fingerprint density at radius 1 is 1.25 bits per heavy atom. The van der Waals surface area contributed by atoms with Crippen LogP contribution in [0.3, 0.4) is 0 Å². The van der Waals surface area contributed by atoms with Gasteiger partial charge in [-0.3, -0.25) is 4.79 Å². The summed E-state index contributed by atoms with van der Waals surface area (Å²) in [5.41, 5.74) is 2.23. The highest BCUT2D eigenvalue weighted by atomic mass is 16.1. The molecule has 0 radical (unpaired) electrons. The van der Waals surface area contributed by atoms with Gasteiger partial charge in [-0.1, -0.05) is 10.8 Å². The van der Waals surface area contributed by atoms with E-state index in [1.54, 1.807) is 24.3 Å². The predicted molar refractivity (Wildman–Crippen MR) is 102 cm³/mol. The van der Waals surface area contributed by atoms with E-state index in [9.17, 15) is 9.59 Å². The van der Waals surface area contributed by atoms with E-state index < -0.39 is 0 Å². The summed E-state index contributed by atoms with van der Waals surface area (Å²) in [6.45, 7) is 0. The van der Waals surface area contributed by atoms with Gasteiger partial charge >= 0.3 is 0 Å². The largest absolute Gasteiger partial charge is 0.321 e. The number of nitrogens with zero attached hydrogens (tertiary/aromatic N) is 4. The van der Waals surface area contributed by atoms with E-state index in [0.717, 1.165) is 42.5 Å². The maximum atomic E-state index is 12.4.